The first-order valence-corrected chi connectivity index (χ1v) is 4.58. The van der Waals surface area contributed by atoms with Crippen LogP contribution in [-0.4, -0.2) is 0 Å². The Hall–Kier alpha value is -1.46. The third kappa shape index (κ3) is 2.77. The summed E-state index contributed by atoms with van der Waals surface area (Å²) in [6.45, 7) is 1.59. The summed E-state index contributed by atoms with van der Waals surface area (Å²) in [4.78, 5) is 10.4. The molecule has 1 rings (SSSR count). The lowest BCUT2D eigenvalue weighted by atomic mass is 10.0. The van der Waals surface area contributed by atoms with Crippen LogP contribution in [0.4, 0.5) is 17.6 Å². The molecule has 0 bridgehead atoms. The third-order valence-electron chi connectivity index (χ3n) is 2.15. The number of nitroso groups, excluding NO2 is 1. The quantitative estimate of drug-likeness (QED) is 0.573. The van der Waals surface area contributed by atoms with E-state index in [1.807, 2.05) is 0 Å². The van der Waals surface area contributed by atoms with Crippen molar-refractivity contribution in [1.82, 2.24) is 0 Å². The monoisotopic (exact) mass is 235 g/mol. The topological polar surface area (TPSA) is 29.4 Å². The molecule has 6 heteroatoms. The van der Waals surface area contributed by atoms with E-state index in [0.717, 1.165) is 12.1 Å². The Morgan fingerprint density at radius 3 is 2.38 bits per heavy atom. The summed E-state index contributed by atoms with van der Waals surface area (Å²) in [6, 6.07) is 1.08. The molecular weight excluding hydrogens is 226 g/mol. The Labute approximate surface area is 89.2 Å². The summed E-state index contributed by atoms with van der Waals surface area (Å²) in [7, 11) is 0. The number of benzene rings is 1. The number of hydrogen-bond acceptors (Lipinski definition) is 2. The van der Waals surface area contributed by atoms with Crippen LogP contribution in [0.2, 0.25) is 0 Å². The fourth-order valence-corrected chi connectivity index (χ4v) is 1.34. The lowest BCUT2D eigenvalue weighted by Crippen LogP contribution is -2.07. The van der Waals surface area contributed by atoms with Gasteiger partial charge in [-0.3, -0.25) is 0 Å². The Kier molecular flexibility index (Phi) is 3.62. The minimum Gasteiger partial charge on any atom is -0.207 e. The van der Waals surface area contributed by atoms with Gasteiger partial charge in [-0.25, -0.2) is 4.39 Å². The summed E-state index contributed by atoms with van der Waals surface area (Å²) in [5, 5.41) is 2.66. The second-order valence-electron chi connectivity index (χ2n) is 3.30. The van der Waals surface area contributed by atoms with Gasteiger partial charge in [0.15, 0.2) is 0 Å². The molecule has 0 aliphatic rings. The maximum Gasteiger partial charge on any atom is 0.416 e. The molecule has 0 N–H and O–H groups in total. The lowest BCUT2D eigenvalue weighted by Gasteiger charge is -2.11. The zero-order valence-electron chi connectivity index (χ0n) is 8.38. The highest BCUT2D eigenvalue weighted by Gasteiger charge is 2.32. The van der Waals surface area contributed by atoms with Crippen LogP contribution < -0.4 is 0 Å². The molecule has 0 heterocycles. The molecule has 1 aromatic rings. The zero-order chi connectivity index (χ0) is 12.3. The van der Waals surface area contributed by atoms with Gasteiger partial charge in [-0.2, -0.15) is 18.1 Å². The first-order valence-electron chi connectivity index (χ1n) is 4.58. The molecular formula is C10H9F4NO. The fourth-order valence-electron chi connectivity index (χ4n) is 1.34. The first kappa shape index (κ1) is 12.6. The van der Waals surface area contributed by atoms with Crippen molar-refractivity contribution in [2.45, 2.75) is 25.6 Å². The van der Waals surface area contributed by atoms with Crippen LogP contribution in [0.5, 0.6) is 0 Å². The van der Waals surface area contributed by atoms with Gasteiger partial charge in [0.1, 0.15) is 11.9 Å². The number of hydrogen-bond donors (Lipinski definition) is 0. The van der Waals surface area contributed by atoms with Crippen molar-refractivity contribution in [2.75, 3.05) is 0 Å². The van der Waals surface area contributed by atoms with Crippen LogP contribution in [0.1, 0.15) is 30.5 Å². The van der Waals surface area contributed by atoms with Gasteiger partial charge in [-0.15, -0.1) is 0 Å². The smallest absolute Gasteiger partial charge is 0.207 e. The molecule has 16 heavy (non-hydrogen) atoms. The molecule has 0 saturated carbocycles. The second kappa shape index (κ2) is 4.59. The Morgan fingerprint density at radius 2 is 1.94 bits per heavy atom. The minimum atomic E-state index is -4.63. The van der Waals surface area contributed by atoms with Crippen molar-refractivity contribution in [3.05, 3.63) is 40.1 Å². The maximum atomic E-state index is 12.9. The Balaban J connectivity index is 3.22. The van der Waals surface area contributed by atoms with Crippen molar-refractivity contribution in [3.8, 4) is 0 Å². The fraction of sp³-hybridized carbons (Fsp3) is 0.400. The molecule has 0 saturated heterocycles. The predicted octanol–water partition coefficient (Wildman–Crippen LogP) is 4.06. The highest BCUT2D eigenvalue weighted by atomic mass is 19.4. The summed E-state index contributed by atoms with van der Waals surface area (Å²) >= 11 is 0. The highest BCUT2D eigenvalue weighted by Crippen LogP contribution is 2.32. The van der Waals surface area contributed by atoms with Crippen LogP contribution in [0.15, 0.2) is 23.4 Å². The standard InChI is InChI=1S/C10H9F4NO/c1-2-9(15-16)6-3-7(10(12,13)14)5-8(11)4-6/h3-5,9H,2H2,1H3. The van der Waals surface area contributed by atoms with Crippen LogP contribution in [-0.2, 0) is 6.18 Å². The van der Waals surface area contributed by atoms with E-state index >= 15 is 0 Å². The Bertz CT molecular complexity index is 389. The molecule has 0 spiro atoms. The summed E-state index contributed by atoms with van der Waals surface area (Å²) in [6.07, 6.45) is -4.40. The van der Waals surface area contributed by atoms with Gasteiger partial charge >= 0.3 is 6.18 Å². The molecule has 1 unspecified atom stereocenters. The van der Waals surface area contributed by atoms with Crippen molar-refractivity contribution < 1.29 is 17.6 Å². The predicted molar refractivity (Wildman–Crippen MR) is 50.2 cm³/mol. The van der Waals surface area contributed by atoms with Gasteiger partial charge in [0.05, 0.1) is 5.56 Å². The molecule has 1 aromatic carbocycles. The summed E-state index contributed by atoms with van der Waals surface area (Å²) < 4.78 is 50.0. The van der Waals surface area contributed by atoms with E-state index in [9.17, 15) is 22.5 Å². The largest absolute Gasteiger partial charge is 0.416 e. The number of nitrogens with zero attached hydrogens (tertiary/aromatic N) is 1. The van der Waals surface area contributed by atoms with Crippen LogP contribution in [0.25, 0.3) is 0 Å². The normalized spacial score (nSPS) is 13.6. The van der Waals surface area contributed by atoms with Crippen molar-refractivity contribution in [1.29, 1.82) is 0 Å². The van der Waals surface area contributed by atoms with E-state index in [2.05, 4.69) is 5.18 Å². The molecule has 0 fully saturated rings. The number of halogens is 4. The second-order valence-corrected chi connectivity index (χ2v) is 3.30. The number of alkyl halides is 3. The molecule has 0 radical (unpaired) electrons. The maximum absolute atomic E-state index is 12.9. The Morgan fingerprint density at radius 1 is 1.31 bits per heavy atom. The van der Waals surface area contributed by atoms with Gasteiger partial charge in [-0.05, 0) is 30.2 Å². The van der Waals surface area contributed by atoms with Gasteiger partial charge < -0.3 is 0 Å². The van der Waals surface area contributed by atoms with Gasteiger partial charge in [0, 0.05) is 0 Å². The van der Waals surface area contributed by atoms with E-state index in [0.29, 0.717) is 6.07 Å². The average molecular weight is 235 g/mol. The van der Waals surface area contributed by atoms with Crippen molar-refractivity contribution in [3.63, 3.8) is 0 Å². The SMILES string of the molecule is CCC(N=O)c1cc(F)cc(C(F)(F)F)c1. The molecule has 0 aliphatic carbocycles. The molecule has 2 nitrogen and oxygen atoms in total. The van der Waals surface area contributed by atoms with Gasteiger partial charge in [0.25, 0.3) is 0 Å². The lowest BCUT2D eigenvalue weighted by molar-refractivity contribution is -0.137. The minimum absolute atomic E-state index is 0.0511. The van der Waals surface area contributed by atoms with Crippen LogP contribution in [0, 0.1) is 10.7 Å². The molecule has 1 atom stereocenters. The number of rotatable bonds is 3. The molecule has 88 valence electrons. The average Bonchev–Trinajstić information content (AvgIpc) is 2.17. The molecule has 0 aromatic heterocycles. The molecule has 0 amide bonds. The van der Waals surface area contributed by atoms with Gasteiger partial charge in [0.2, 0.25) is 0 Å². The zero-order valence-corrected chi connectivity index (χ0v) is 8.38. The van der Waals surface area contributed by atoms with Crippen molar-refractivity contribution in [2.24, 2.45) is 5.18 Å². The first-order chi connectivity index (χ1) is 7.38. The van der Waals surface area contributed by atoms with E-state index in [4.69, 9.17) is 0 Å². The molecule has 0 aliphatic heterocycles. The summed E-state index contributed by atoms with van der Waals surface area (Å²) in [5.41, 5.74) is -1.16. The summed E-state index contributed by atoms with van der Waals surface area (Å²) in [5.74, 6) is -1.02. The van der Waals surface area contributed by atoms with E-state index in [1.54, 1.807) is 6.92 Å². The van der Waals surface area contributed by atoms with Gasteiger partial charge in [-0.1, -0.05) is 12.1 Å². The highest BCUT2D eigenvalue weighted by molar-refractivity contribution is 5.29. The third-order valence-corrected chi connectivity index (χ3v) is 2.15. The van der Waals surface area contributed by atoms with Crippen LogP contribution >= 0.6 is 0 Å². The van der Waals surface area contributed by atoms with E-state index in [-0.39, 0.29) is 12.0 Å². The van der Waals surface area contributed by atoms with E-state index < -0.39 is 23.6 Å². The van der Waals surface area contributed by atoms with Crippen LogP contribution in [0.3, 0.4) is 0 Å². The van der Waals surface area contributed by atoms with Crippen molar-refractivity contribution >= 4 is 0 Å². The van der Waals surface area contributed by atoms with E-state index in [1.165, 1.54) is 0 Å².